The molecule has 6 nitrogen and oxygen atoms in total. The highest BCUT2D eigenvalue weighted by molar-refractivity contribution is 9.10. The topological polar surface area (TPSA) is 79.2 Å². The summed E-state index contributed by atoms with van der Waals surface area (Å²) < 4.78 is 2.60. The number of hydrogen-bond donors (Lipinski definition) is 3. The minimum Gasteiger partial charge on any atom is -0.504 e. The number of benzene rings is 2. The molecular weight excluding hydrogens is 444 g/mol. The molecule has 0 aliphatic carbocycles. The molecule has 2 aromatic carbocycles. The smallest absolute Gasteiger partial charge is 0.324 e. The van der Waals surface area contributed by atoms with Crippen LogP contribution in [-0.2, 0) is 6.42 Å². The van der Waals surface area contributed by atoms with E-state index in [4.69, 9.17) is 11.6 Å². The molecule has 3 N–H and O–H groups in total. The minimum atomic E-state index is -0.504. The summed E-state index contributed by atoms with van der Waals surface area (Å²) in [6.07, 6.45) is 2.89. The number of amides is 2. The molecule has 1 aromatic heterocycles. The second-order valence-corrected chi connectivity index (χ2v) is 7.55. The van der Waals surface area contributed by atoms with Crippen LogP contribution in [0.25, 0.3) is 5.69 Å². The van der Waals surface area contributed by atoms with Gasteiger partial charge in [0.1, 0.15) is 5.82 Å². The summed E-state index contributed by atoms with van der Waals surface area (Å²) in [5, 5.41) is 20.2. The number of phenols is 1. The fraction of sp³-hybridized carbons (Fsp3) is 0.200. The van der Waals surface area contributed by atoms with Gasteiger partial charge in [-0.05, 0) is 43.2 Å². The summed E-state index contributed by atoms with van der Waals surface area (Å²) in [5.41, 5.74) is 1.94. The molecule has 0 unspecified atom stereocenters. The number of halogens is 2. The van der Waals surface area contributed by atoms with E-state index < -0.39 is 6.03 Å². The number of urea groups is 1. The van der Waals surface area contributed by atoms with Crippen LogP contribution in [0, 0.1) is 0 Å². The van der Waals surface area contributed by atoms with Crippen LogP contribution in [0.15, 0.2) is 53.0 Å². The van der Waals surface area contributed by atoms with Crippen molar-refractivity contribution in [3.8, 4) is 11.4 Å². The maximum Gasteiger partial charge on any atom is 0.324 e. The van der Waals surface area contributed by atoms with Crippen LogP contribution in [0.5, 0.6) is 5.75 Å². The van der Waals surface area contributed by atoms with Crippen molar-refractivity contribution >= 4 is 45.1 Å². The number of nitrogens with zero attached hydrogens (tertiary/aromatic N) is 2. The summed E-state index contributed by atoms with van der Waals surface area (Å²) >= 11 is 9.35. The van der Waals surface area contributed by atoms with E-state index in [1.54, 1.807) is 22.9 Å². The molecule has 28 heavy (non-hydrogen) atoms. The van der Waals surface area contributed by atoms with E-state index in [9.17, 15) is 9.90 Å². The zero-order valence-corrected chi connectivity index (χ0v) is 17.6. The third kappa shape index (κ3) is 4.85. The predicted octanol–water partition coefficient (Wildman–Crippen LogP) is 5.98. The van der Waals surface area contributed by atoms with Crippen LogP contribution in [0.2, 0.25) is 5.02 Å². The Balaban J connectivity index is 1.86. The monoisotopic (exact) mass is 462 g/mol. The van der Waals surface area contributed by atoms with Gasteiger partial charge in [-0.25, -0.2) is 9.48 Å². The highest BCUT2D eigenvalue weighted by atomic mass is 79.9. The Morgan fingerprint density at radius 3 is 2.75 bits per heavy atom. The summed E-state index contributed by atoms with van der Waals surface area (Å²) in [4.78, 5) is 12.5. The lowest BCUT2D eigenvalue weighted by Gasteiger charge is -2.11. The van der Waals surface area contributed by atoms with Gasteiger partial charge in [-0.1, -0.05) is 53.0 Å². The lowest BCUT2D eigenvalue weighted by molar-refractivity contribution is 0.262. The van der Waals surface area contributed by atoms with Gasteiger partial charge in [-0.2, -0.15) is 5.10 Å². The second-order valence-electron chi connectivity index (χ2n) is 6.23. The van der Waals surface area contributed by atoms with Crippen LogP contribution in [-0.4, -0.2) is 20.9 Å². The van der Waals surface area contributed by atoms with E-state index in [1.807, 2.05) is 30.3 Å². The van der Waals surface area contributed by atoms with Crippen molar-refractivity contribution in [2.45, 2.75) is 26.2 Å². The standard InChI is InChI=1S/C20H20BrClN4O2/c1-2-3-7-14-12-18(26(25-14)15-8-4-6-13(21)11-15)24-20(28)23-17-10-5-9-16(22)19(17)27/h4-6,8-12,27H,2-3,7H2,1H3,(H2,23,24,28). The Labute approximate surface area is 176 Å². The number of aryl methyl sites for hydroxylation is 1. The number of hydrogen-bond acceptors (Lipinski definition) is 3. The zero-order chi connectivity index (χ0) is 20.1. The number of rotatable bonds is 6. The number of anilines is 2. The van der Waals surface area contributed by atoms with Crippen LogP contribution < -0.4 is 10.6 Å². The Morgan fingerprint density at radius 2 is 2.00 bits per heavy atom. The average Bonchev–Trinajstić information content (AvgIpc) is 3.06. The first-order valence-electron chi connectivity index (χ1n) is 8.88. The molecule has 0 saturated heterocycles. The Hall–Kier alpha value is -2.51. The maximum absolute atomic E-state index is 12.5. The van der Waals surface area contributed by atoms with Crippen molar-refractivity contribution in [3.05, 3.63) is 63.7 Å². The molecule has 146 valence electrons. The minimum absolute atomic E-state index is 0.166. The Bertz CT molecular complexity index is 990. The molecule has 3 rings (SSSR count). The van der Waals surface area contributed by atoms with Crippen molar-refractivity contribution in [1.29, 1.82) is 0 Å². The van der Waals surface area contributed by atoms with Gasteiger partial charge in [0.25, 0.3) is 0 Å². The molecule has 0 bridgehead atoms. The molecular formula is C20H20BrClN4O2. The molecule has 0 radical (unpaired) electrons. The molecule has 1 heterocycles. The Morgan fingerprint density at radius 1 is 1.21 bits per heavy atom. The maximum atomic E-state index is 12.5. The fourth-order valence-corrected chi connectivity index (χ4v) is 3.25. The second kappa shape index (κ2) is 9.12. The van der Waals surface area contributed by atoms with Gasteiger partial charge in [-0.15, -0.1) is 0 Å². The number of aromatic nitrogens is 2. The highest BCUT2D eigenvalue weighted by Crippen LogP contribution is 2.31. The van der Waals surface area contributed by atoms with Crippen molar-refractivity contribution < 1.29 is 9.90 Å². The molecule has 0 atom stereocenters. The number of para-hydroxylation sites is 1. The first-order valence-corrected chi connectivity index (χ1v) is 10.1. The van der Waals surface area contributed by atoms with Crippen LogP contribution in [0.3, 0.4) is 0 Å². The number of unbranched alkanes of at least 4 members (excludes halogenated alkanes) is 1. The molecule has 0 saturated carbocycles. The third-order valence-corrected chi connectivity index (χ3v) is 4.87. The third-order valence-electron chi connectivity index (χ3n) is 4.08. The number of nitrogens with one attached hydrogen (secondary N) is 2. The predicted molar refractivity (Wildman–Crippen MR) is 116 cm³/mol. The first-order chi connectivity index (χ1) is 13.5. The van der Waals surface area contributed by atoms with Crippen LogP contribution >= 0.6 is 27.5 Å². The molecule has 0 aliphatic heterocycles. The molecule has 0 aliphatic rings. The molecule has 2 amide bonds. The van der Waals surface area contributed by atoms with Crippen molar-refractivity contribution in [1.82, 2.24) is 9.78 Å². The van der Waals surface area contributed by atoms with Crippen molar-refractivity contribution in [2.24, 2.45) is 0 Å². The van der Waals surface area contributed by atoms with E-state index in [0.717, 1.165) is 35.1 Å². The van der Waals surface area contributed by atoms with Crippen LogP contribution in [0.1, 0.15) is 25.5 Å². The fourth-order valence-electron chi connectivity index (χ4n) is 2.69. The summed E-state index contributed by atoms with van der Waals surface area (Å²) in [6.45, 7) is 2.12. The molecule has 0 spiro atoms. The SMILES string of the molecule is CCCCc1cc(NC(=O)Nc2cccc(Cl)c2O)n(-c2cccc(Br)c2)n1. The summed E-state index contributed by atoms with van der Waals surface area (Å²) in [6, 6.07) is 13.8. The lowest BCUT2D eigenvalue weighted by Crippen LogP contribution is -2.21. The van der Waals surface area contributed by atoms with E-state index in [2.05, 4.69) is 38.6 Å². The van der Waals surface area contributed by atoms with Gasteiger partial charge in [0.2, 0.25) is 0 Å². The van der Waals surface area contributed by atoms with Crippen molar-refractivity contribution in [2.75, 3.05) is 10.6 Å². The molecule has 8 heteroatoms. The van der Waals surface area contributed by atoms with E-state index in [1.165, 1.54) is 0 Å². The number of aromatic hydroxyl groups is 1. The molecule has 3 aromatic rings. The molecule has 0 fully saturated rings. The summed E-state index contributed by atoms with van der Waals surface area (Å²) in [7, 11) is 0. The van der Waals surface area contributed by atoms with Gasteiger partial charge in [-0.3, -0.25) is 5.32 Å². The van der Waals surface area contributed by atoms with Gasteiger partial charge < -0.3 is 10.4 Å². The van der Waals surface area contributed by atoms with E-state index >= 15 is 0 Å². The Kier molecular flexibility index (Phi) is 6.59. The summed E-state index contributed by atoms with van der Waals surface area (Å²) in [5.74, 6) is 0.353. The van der Waals surface area contributed by atoms with E-state index in [0.29, 0.717) is 5.82 Å². The van der Waals surface area contributed by atoms with Gasteiger partial charge in [0, 0.05) is 10.5 Å². The number of phenolic OH excluding ortho intramolecular Hbond substituents is 1. The van der Waals surface area contributed by atoms with Gasteiger partial charge in [0.05, 0.1) is 22.1 Å². The number of carbonyl (C=O) groups is 1. The van der Waals surface area contributed by atoms with Gasteiger partial charge >= 0.3 is 6.03 Å². The largest absolute Gasteiger partial charge is 0.504 e. The number of carbonyl (C=O) groups excluding carboxylic acids is 1. The normalized spacial score (nSPS) is 10.7. The van der Waals surface area contributed by atoms with E-state index in [-0.39, 0.29) is 16.5 Å². The lowest BCUT2D eigenvalue weighted by atomic mass is 10.2. The van der Waals surface area contributed by atoms with Gasteiger partial charge in [0.15, 0.2) is 5.75 Å². The van der Waals surface area contributed by atoms with Crippen molar-refractivity contribution in [3.63, 3.8) is 0 Å². The quantitative estimate of drug-likeness (QED) is 0.393. The zero-order valence-electron chi connectivity index (χ0n) is 15.2. The average molecular weight is 464 g/mol. The van der Waals surface area contributed by atoms with Crippen LogP contribution in [0.4, 0.5) is 16.3 Å². The first kappa shape index (κ1) is 20.2. The highest BCUT2D eigenvalue weighted by Gasteiger charge is 2.14.